The van der Waals surface area contributed by atoms with Gasteiger partial charge in [0.1, 0.15) is 5.75 Å². The van der Waals surface area contributed by atoms with Crippen LogP contribution in [0.15, 0.2) is 24.3 Å². The number of ether oxygens (including phenoxy) is 1. The highest BCUT2D eigenvalue weighted by Crippen LogP contribution is 2.19. The summed E-state index contributed by atoms with van der Waals surface area (Å²) in [6.07, 6.45) is 3.99. The largest absolute Gasteiger partial charge is 0.493 e. The Bertz CT molecular complexity index is 465. The molecule has 1 heterocycles. The lowest BCUT2D eigenvalue weighted by Gasteiger charge is -2.33. The van der Waals surface area contributed by atoms with Crippen molar-refractivity contribution in [2.45, 2.75) is 38.3 Å². The molecule has 1 saturated heterocycles. The average Bonchev–Trinajstić information content (AvgIpc) is 2.52. The first kappa shape index (κ1) is 15.8. The number of amides is 1. The molecule has 5 heteroatoms. The maximum atomic E-state index is 11.4. The second-order valence-electron chi connectivity index (χ2n) is 5.46. The minimum Gasteiger partial charge on any atom is -0.493 e. The number of hydrogen-bond donors (Lipinski definition) is 2. The van der Waals surface area contributed by atoms with E-state index in [4.69, 9.17) is 16.2 Å². The summed E-state index contributed by atoms with van der Waals surface area (Å²) in [5, 5.41) is 0. The van der Waals surface area contributed by atoms with Crippen molar-refractivity contribution in [1.29, 1.82) is 0 Å². The zero-order valence-corrected chi connectivity index (χ0v) is 12.5. The molecule has 1 aromatic carbocycles. The second-order valence-corrected chi connectivity index (χ2v) is 5.46. The molecule has 1 aliphatic rings. The lowest BCUT2D eigenvalue weighted by molar-refractivity contribution is -0.124. The first-order chi connectivity index (χ1) is 10.2. The summed E-state index contributed by atoms with van der Waals surface area (Å²) < 4.78 is 5.79. The summed E-state index contributed by atoms with van der Waals surface area (Å²) in [6.45, 7) is 2.90. The third kappa shape index (κ3) is 4.44. The maximum Gasteiger partial charge on any atom is 0.234 e. The fraction of sp³-hybridized carbons (Fsp3) is 0.562. The van der Waals surface area contributed by atoms with Gasteiger partial charge in [0.05, 0.1) is 12.6 Å². The van der Waals surface area contributed by atoms with Crippen molar-refractivity contribution >= 4 is 5.91 Å². The summed E-state index contributed by atoms with van der Waals surface area (Å²) in [5.41, 5.74) is 12.2. The second kappa shape index (κ2) is 8.00. The first-order valence-electron chi connectivity index (χ1n) is 7.66. The number of nitrogens with zero attached hydrogens (tertiary/aromatic N) is 1. The van der Waals surface area contributed by atoms with Gasteiger partial charge in [0, 0.05) is 18.7 Å². The molecule has 4 N–H and O–H groups in total. The lowest BCUT2D eigenvalue weighted by atomic mass is 10.0. The van der Waals surface area contributed by atoms with Gasteiger partial charge in [0.2, 0.25) is 5.91 Å². The Labute approximate surface area is 126 Å². The fourth-order valence-electron chi connectivity index (χ4n) is 2.84. The molecule has 0 radical (unpaired) electrons. The molecule has 0 saturated carbocycles. The van der Waals surface area contributed by atoms with Crippen LogP contribution in [0.1, 0.15) is 31.2 Å². The Morgan fingerprint density at radius 1 is 1.33 bits per heavy atom. The molecule has 0 aliphatic carbocycles. The van der Waals surface area contributed by atoms with Crippen LogP contribution < -0.4 is 16.2 Å². The molecule has 21 heavy (non-hydrogen) atoms. The summed E-state index contributed by atoms with van der Waals surface area (Å²) in [5.74, 6) is 0.647. The van der Waals surface area contributed by atoms with Gasteiger partial charge < -0.3 is 16.2 Å². The van der Waals surface area contributed by atoms with Crippen LogP contribution in [0.4, 0.5) is 0 Å². The Morgan fingerprint density at radius 3 is 2.90 bits per heavy atom. The Hall–Kier alpha value is -1.59. The van der Waals surface area contributed by atoms with Crippen molar-refractivity contribution in [3.05, 3.63) is 29.8 Å². The third-order valence-corrected chi connectivity index (χ3v) is 3.98. The Kier molecular flexibility index (Phi) is 6.02. The van der Waals surface area contributed by atoms with Crippen LogP contribution in [0, 0.1) is 0 Å². The quantitative estimate of drug-likeness (QED) is 0.741. The predicted molar refractivity (Wildman–Crippen MR) is 82.9 cm³/mol. The van der Waals surface area contributed by atoms with Gasteiger partial charge in [0.15, 0.2) is 0 Å². The van der Waals surface area contributed by atoms with E-state index in [1.54, 1.807) is 0 Å². The number of piperidine rings is 1. The molecular formula is C16H25N3O2. The van der Waals surface area contributed by atoms with E-state index in [1.807, 2.05) is 24.3 Å². The zero-order chi connectivity index (χ0) is 15.1. The number of primary amides is 1. The summed E-state index contributed by atoms with van der Waals surface area (Å²) >= 11 is 0. The number of hydrogen-bond acceptors (Lipinski definition) is 4. The van der Waals surface area contributed by atoms with Gasteiger partial charge in [-0.1, -0.05) is 24.6 Å². The molecule has 1 amide bonds. The van der Waals surface area contributed by atoms with Gasteiger partial charge in [-0.05, 0) is 31.9 Å². The van der Waals surface area contributed by atoms with Crippen LogP contribution in [-0.2, 0) is 11.3 Å². The van der Waals surface area contributed by atoms with E-state index in [0.29, 0.717) is 13.2 Å². The number of rotatable bonds is 7. The zero-order valence-electron chi connectivity index (χ0n) is 12.5. The van der Waals surface area contributed by atoms with Crippen molar-refractivity contribution < 1.29 is 9.53 Å². The summed E-state index contributed by atoms with van der Waals surface area (Å²) in [7, 11) is 0. The normalized spacial score (nSPS) is 19.4. The number of nitrogens with two attached hydrogens (primary N) is 2. The van der Waals surface area contributed by atoms with Gasteiger partial charge in [-0.15, -0.1) is 0 Å². The third-order valence-electron chi connectivity index (χ3n) is 3.98. The van der Waals surface area contributed by atoms with E-state index in [9.17, 15) is 4.79 Å². The highest BCUT2D eigenvalue weighted by atomic mass is 16.5. The molecule has 1 aliphatic heterocycles. The molecule has 1 atom stereocenters. The van der Waals surface area contributed by atoms with Crippen LogP contribution >= 0.6 is 0 Å². The summed E-state index contributed by atoms with van der Waals surface area (Å²) in [6, 6.07) is 7.72. The van der Waals surface area contributed by atoms with Gasteiger partial charge in [-0.25, -0.2) is 0 Å². The number of carbonyl (C=O) groups excluding carboxylic acids is 1. The standard InChI is InChI=1S/C16H25N3O2/c17-12-13-6-1-2-8-15(13)21-11-5-10-19-9-4-3-7-14(19)16(18)20/h1-2,6,8,14H,3-5,7,9-12,17H2,(H2,18,20). The van der Waals surface area contributed by atoms with Crippen molar-refractivity contribution in [3.8, 4) is 5.75 Å². The smallest absolute Gasteiger partial charge is 0.234 e. The van der Waals surface area contributed by atoms with E-state index in [0.717, 1.165) is 50.1 Å². The maximum absolute atomic E-state index is 11.4. The van der Waals surface area contributed by atoms with Crippen molar-refractivity contribution in [2.24, 2.45) is 11.5 Å². The number of carbonyl (C=O) groups is 1. The minimum atomic E-state index is -0.205. The van der Waals surface area contributed by atoms with E-state index < -0.39 is 0 Å². The van der Waals surface area contributed by atoms with Crippen molar-refractivity contribution in [2.75, 3.05) is 19.7 Å². The van der Waals surface area contributed by atoms with Gasteiger partial charge in [-0.3, -0.25) is 9.69 Å². The molecule has 2 rings (SSSR count). The van der Waals surface area contributed by atoms with E-state index in [-0.39, 0.29) is 11.9 Å². The van der Waals surface area contributed by atoms with Crippen LogP contribution in [0.25, 0.3) is 0 Å². The van der Waals surface area contributed by atoms with E-state index in [2.05, 4.69) is 4.90 Å². The van der Waals surface area contributed by atoms with Crippen molar-refractivity contribution in [3.63, 3.8) is 0 Å². The van der Waals surface area contributed by atoms with Crippen LogP contribution in [0.2, 0.25) is 0 Å². The van der Waals surface area contributed by atoms with Crippen LogP contribution in [0.3, 0.4) is 0 Å². The first-order valence-corrected chi connectivity index (χ1v) is 7.66. The van der Waals surface area contributed by atoms with Crippen LogP contribution in [-0.4, -0.2) is 36.5 Å². The lowest BCUT2D eigenvalue weighted by Crippen LogP contribution is -2.48. The molecule has 0 bridgehead atoms. The van der Waals surface area contributed by atoms with Crippen LogP contribution in [0.5, 0.6) is 5.75 Å². The highest BCUT2D eigenvalue weighted by molar-refractivity contribution is 5.79. The molecular weight excluding hydrogens is 266 g/mol. The highest BCUT2D eigenvalue weighted by Gasteiger charge is 2.26. The average molecular weight is 291 g/mol. The summed E-state index contributed by atoms with van der Waals surface area (Å²) in [4.78, 5) is 13.6. The van der Waals surface area contributed by atoms with E-state index >= 15 is 0 Å². The van der Waals surface area contributed by atoms with Gasteiger partial charge in [0.25, 0.3) is 0 Å². The number of likely N-dealkylation sites (tertiary alicyclic amines) is 1. The topological polar surface area (TPSA) is 81.6 Å². The number of para-hydroxylation sites is 1. The molecule has 5 nitrogen and oxygen atoms in total. The number of benzene rings is 1. The predicted octanol–water partition coefficient (Wildman–Crippen LogP) is 1.25. The molecule has 1 aromatic rings. The SMILES string of the molecule is NCc1ccccc1OCCCN1CCCCC1C(N)=O. The Balaban J connectivity index is 1.77. The molecule has 1 fully saturated rings. The van der Waals surface area contributed by atoms with E-state index in [1.165, 1.54) is 0 Å². The Morgan fingerprint density at radius 2 is 2.14 bits per heavy atom. The monoisotopic (exact) mass is 291 g/mol. The molecule has 116 valence electrons. The van der Waals surface area contributed by atoms with Gasteiger partial charge >= 0.3 is 0 Å². The van der Waals surface area contributed by atoms with Gasteiger partial charge in [-0.2, -0.15) is 0 Å². The van der Waals surface area contributed by atoms with Crippen molar-refractivity contribution in [1.82, 2.24) is 4.90 Å². The molecule has 0 aromatic heterocycles. The fourth-order valence-corrected chi connectivity index (χ4v) is 2.84. The minimum absolute atomic E-state index is 0.102. The molecule has 1 unspecified atom stereocenters. The molecule has 0 spiro atoms.